The van der Waals surface area contributed by atoms with E-state index in [0.29, 0.717) is 5.92 Å². The molecule has 2 heterocycles. The molecule has 0 radical (unpaired) electrons. The van der Waals surface area contributed by atoms with Gasteiger partial charge in [-0.05, 0) is 18.9 Å². The van der Waals surface area contributed by atoms with Gasteiger partial charge in [-0.3, -0.25) is 4.99 Å². The summed E-state index contributed by atoms with van der Waals surface area (Å²) >= 11 is 0. The van der Waals surface area contributed by atoms with E-state index >= 15 is 0 Å². The number of nitrogens with zero attached hydrogens (tertiary/aromatic N) is 2. The summed E-state index contributed by atoms with van der Waals surface area (Å²) < 4.78 is 0. The molecule has 0 saturated carbocycles. The topological polar surface area (TPSA) is 53.6 Å². The molecule has 0 spiro atoms. The Morgan fingerprint density at radius 3 is 3.17 bits per heavy atom. The molecule has 4 nitrogen and oxygen atoms in total. The highest BCUT2D eigenvalue weighted by Gasteiger charge is 2.24. The number of aliphatic imine (C=N–C) groups is 1. The number of nitrogens with one attached hydrogen (secondary N) is 1. The Balaban J connectivity index is 1.90. The van der Waals surface area contributed by atoms with E-state index in [-0.39, 0.29) is 0 Å². The van der Waals surface area contributed by atoms with E-state index in [2.05, 4.69) is 15.2 Å². The van der Waals surface area contributed by atoms with Gasteiger partial charge < -0.3 is 16.0 Å². The van der Waals surface area contributed by atoms with Crippen LogP contribution in [0.3, 0.4) is 0 Å². The maximum absolute atomic E-state index is 5.61. The van der Waals surface area contributed by atoms with Gasteiger partial charge in [0.05, 0.1) is 6.54 Å². The van der Waals surface area contributed by atoms with Gasteiger partial charge in [0, 0.05) is 19.6 Å². The summed E-state index contributed by atoms with van der Waals surface area (Å²) in [6, 6.07) is 0. The fraction of sp³-hybridized carbons (Fsp3) is 0.875. The molecule has 0 bridgehead atoms. The summed E-state index contributed by atoms with van der Waals surface area (Å²) in [5.74, 6) is 1.76. The highest BCUT2D eigenvalue weighted by atomic mass is 15.3. The Labute approximate surface area is 72.8 Å². The zero-order valence-corrected chi connectivity index (χ0v) is 7.29. The standard InChI is InChI=1S/C8H16N4/c9-5-7-1-4-12(6-7)8-10-2-3-11-8/h7H,1-6,9H2,(H,10,11). The highest BCUT2D eigenvalue weighted by Crippen LogP contribution is 2.15. The molecule has 4 heteroatoms. The molecule has 0 aromatic heterocycles. The maximum Gasteiger partial charge on any atom is 0.194 e. The van der Waals surface area contributed by atoms with Crippen molar-refractivity contribution >= 4 is 5.96 Å². The number of hydrogen-bond acceptors (Lipinski definition) is 4. The van der Waals surface area contributed by atoms with Gasteiger partial charge in [0.25, 0.3) is 0 Å². The minimum Gasteiger partial charge on any atom is -0.354 e. The van der Waals surface area contributed by atoms with E-state index in [1.54, 1.807) is 0 Å². The van der Waals surface area contributed by atoms with Crippen LogP contribution in [-0.2, 0) is 0 Å². The molecule has 1 fully saturated rings. The van der Waals surface area contributed by atoms with Crippen molar-refractivity contribution in [1.82, 2.24) is 10.2 Å². The number of rotatable bonds is 1. The number of guanidine groups is 1. The van der Waals surface area contributed by atoms with Crippen molar-refractivity contribution in [2.75, 3.05) is 32.7 Å². The second-order valence-corrected chi connectivity index (χ2v) is 3.47. The van der Waals surface area contributed by atoms with Crippen molar-refractivity contribution < 1.29 is 0 Å². The average molecular weight is 168 g/mol. The smallest absolute Gasteiger partial charge is 0.194 e. The quantitative estimate of drug-likeness (QED) is 0.540. The van der Waals surface area contributed by atoms with Crippen molar-refractivity contribution in [1.29, 1.82) is 0 Å². The van der Waals surface area contributed by atoms with E-state index in [4.69, 9.17) is 5.73 Å². The first kappa shape index (κ1) is 7.86. The Hall–Kier alpha value is -0.770. The lowest BCUT2D eigenvalue weighted by Crippen LogP contribution is -2.37. The second kappa shape index (κ2) is 3.31. The second-order valence-electron chi connectivity index (χ2n) is 3.47. The molecule has 1 saturated heterocycles. The number of hydrogen-bond donors (Lipinski definition) is 2. The van der Waals surface area contributed by atoms with Gasteiger partial charge in [0.1, 0.15) is 0 Å². The Morgan fingerprint density at radius 2 is 2.58 bits per heavy atom. The fourth-order valence-corrected chi connectivity index (χ4v) is 1.81. The zero-order chi connectivity index (χ0) is 8.39. The summed E-state index contributed by atoms with van der Waals surface area (Å²) in [6.07, 6.45) is 1.22. The molecular formula is C8H16N4. The molecule has 1 unspecified atom stereocenters. The van der Waals surface area contributed by atoms with Crippen LogP contribution < -0.4 is 11.1 Å². The van der Waals surface area contributed by atoms with Crippen molar-refractivity contribution in [3.63, 3.8) is 0 Å². The van der Waals surface area contributed by atoms with Crippen LogP contribution in [0.4, 0.5) is 0 Å². The molecule has 0 amide bonds. The molecular weight excluding hydrogens is 152 g/mol. The van der Waals surface area contributed by atoms with Gasteiger partial charge >= 0.3 is 0 Å². The zero-order valence-electron chi connectivity index (χ0n) is 7.29. The molecule has 0 aromatic rings. The van der Waals surface area contributed by atoms with Gasteiger partial charge in [-0.2, -0.15) is 0 Å². The van der Waals surface area contributed by atoms with E-state index in [9.17, 15) is 0 Å². The first-order chi connectivity index (χ1) is 5.90. The largest absolute Gasteiger partial charge is 0.354 e. The molecule has 1 atom stereocenters. The van der Waals surface area contributed by atoms with Crippen LogP contribution in [0.15, 0.2) is 4.99 Å². The molecule has 2 aliphatic heterocycles. The first-order valence-corrected chi connectivity index (χ1v) is 4.63. The van der Waals surface area contributed by atoms with E-state index < -0.39 is 0 Å². The lowest BCUT2D eigenvalue weighted by atomic mass is 10.1. The Kier molecular flexibility index (Phi) is 2.17. The number of nitrogens with two attached hydrogens (primary N) is 1. The maximum atomic E-state index is 5.61. The third-order valence-electron chi connectivity index (χ3n) is 2.58. The summed E-state index contributed by atoms with van der Waals surface area (Å²) in [6.45, 7) is 4.94. The summed E-state index contributed by atoms with van der Waals surface area (Å²) in [7, 11) is 0. The predicted molar refractivity (Wildman–Crippen MR) is 49.0 cm³/mol. The van der Waals surface area contributed by atoms with Crippen molar-refractivity contribution in [2.24, 2.45) is 16.6 Å². The fourth-order valence-electron chi connectivity index (χ4n) is 1.81. The third-order valence-corrected chi connectivity index (χ3v) is 2.58. The van der Waals surface area contributed by atoms with Gasteiger partial charge in [-0.25, -0.2) is 0 Å². The van der Waals surface area contributed by atoms with E-state index in [1.807, 2.05) is 0 Å². The highest BCUT2D eigenvalue weighted by molar-refractivity contribution is 5.81. The number of likely N-dealkylation sites (tertiary alicyclic amines) is 1. The van der Waals surface area contributed by atoms with E-state index in [0.717, 1.165) is 38.7 Å². The van der Waals surface area contributed by atoms with Gasteiger partial charge in [0.15, 0.2) is 5.96 Å². The molecule has 2 aliphatic rings. The lowest BCUT2D eigenvalue weighted by Gasteiger charge is -2.17. The van der Waals surface area contributed by atoms with Crippen LogP contribution in [0.2, 0.25) is 0 Å². The van der Waals surface area contributed by atoms with Crippen LogP contribution >= 0.6 is 0 Å². The molecule has 3 N–H and O–H groups in total. The monoisotopic (exact) mass is 168 g/mol. The van der Waals surface area contributed by atoms with Crippen molar-refractivity contribution in [3.05, 3.63) is 0 Å². The van der Waals surface area contributed by atoms with Gasteiger partial charge in [-0.1, -0.05) is 0 Å². The summed E-state index contributed by atoms with van der Waals surface area (Å²) in [4.78, 5) is 6.69. The third kappa shape index (κ3) is 1.39. The van der Waals surface area contributed by atoms with E-state index in [1.165, 1.54) is 6.42 Å². The van der Waals surface area contributed by atoms with Crippen LogP contribution in [0.5, 0.6) is 0 Å². The minimum absolute atomic E-state index is 0.676. The Morgan fingerprint density at radius 1 is 1.67 bits per heavy atom. The van der Waals surface area contributed by atoms with Crippen LogP contribution in [0.25, 0.3) is 0 Å². The van der Waals surface area contributed by atoms with Crippen LogP contribution in [0, 0.1) is 5.92 Å². The molecule has 68 valence electrons. The van der Waals surface area contributed by atoms with Crippen molar-refractivity contribution in [3.8, 4) is 0 Å². The minimum atomic E-state index is 0.676. The van der Waals surface area contributed by atoms with Crippen molar-refractivity contribution in [2.45, 2.75) is 6.42 Å². The first-order valence-electron chi connectivity index (χ1n) is 4.63. The average Bonchev–Trinajstić information content (AvgIpc) is 2.75. The predicted octanol–water partition coefficient (Wildman–Crippen LogP) is -0.774. The molecule has 0 aromatic carbocycles. The van der Waals surface area contributed by atoms with Gasteiger partial charge in [-0.15, -0.1) is 0 Å². The van der Waals surface area contributed by atoms with Crippen LogP contribution in [-0.4, -0.2) is 43.6 Å². The van der Waals surface area contributed by atoms with Gasteiger partial charge in [0.2, 0.25) is 0 Å². The molecule has 2 rings (SSSR count). The molecule has 12 heavy (non-hydrogen) atoms. The summed E-state index contributed by atoms with van der Waals surface area (Å²) in [5, 5.41) is 3.28. The SMILES string of the molecule is NCC1CCN(C2=NCCN2)C1. The molecule has 0 aliphatic carbocycles. The Bertz CT molecular complexity index is 189. The summed E-state index contributed by atoms with van der Waals surface area (Å²) in [5.41, 5.74) is 5.61. The normalized spacial score (nSPS) is 28.9. The lowest BCUT2D eigenvalue weighted by molar-refractivity contribution is 0.472. The van der Waals surface area contributed by atoms with Crippen LogP contribution in [0.1, 0.15) is 6.42 Å².